The van der Waals surface area contributed by atoms with Gasteiger partial charge < -0.3 is 9.80 Å². The van der Waals surface area contributed by atoms with Crippen LogP contribution >= 0.6 is 0 Å². The van der Waals surface area contributed by atoms with Crippen LogP contribution in [0.3, 0.4) is 0 Å². The number of hydrogen-bond donors (Lipinski definition) is 1. The van der Waals surface area contributed by atoms with Crippen LogP contribution in [0, 0.1) is 0 Å². The number of nitrogens with one attached hydrogen (secondary N) is 1. The first-order chi connectivity index (χ1) is 11.9. The SMILES string of the molecule is CCCC(C)c1ccc(N(C)C2CCC(=O)NC2=O)c(N(C)C=O)c1. The predicted molar refractivity (Wildman–Crippen MR) is 98.8 cm³/mol. The number of hydrogen-bond acceptors (Lipinski definition) is 4. The minimum atomic E-state index is -0.421. The van der Waals surface area contributed by atoms with Gasteiger partial charge in [-0.25, -0.2) is 0 Å². The summed E-state index contributed by atoms with van der Waals surface area (Å²) < 4.78 is 0. The molecule has 0 bridgehead atoms. The Balaban J connectivity index is 2.36. The lowest BCUT2D eigenvalue weighted by atomic mass is 9.95. The predicted octanol–water partition coefficient (Wildman–Crippen LogP) is 2.42. The number of nitrogens with zero attached hydrogens (tertiary/aromatic N) is 2. The van der Waals surface area contributed by atoms with Crippen molar-refractivity contribution in [3.8, 4) is 0 Å². The first-order valence-corrected chi connectivity index (χ1v) is 8.77. The molecule has 0 spiro atoms. The molecule has 1 aliphatic rings. The van der Waals surface area contributed by atoms with Crippen LogP contribution in [0.2, 0.25) is 0 Å². The van der Waals surface area contributed by atoms with E-state index in [-0.39, 0.29) is 11.8 Å². The van der Waals surface area contributed by atoms with Crippen molar-refractivity contribution in [2.24, 2.45) is 0 Å². The maximum absolute atomic E-state index is 12.2. The Hall–Kier alpha value is -2.37. The lowest BCUT2D eigenvalue weighted by molar-refractivity contribution is -0.134. The van der Waals surface area contributed by atoms with E-state index in [0.717, 1.165) is 30.6 Å². The molecule has 0 aliphatic carbocycles. The fraction of sp³-hybridized carbons (Fsp3) is 0.526. The molecule has 1 saturated heterocycles. The van der Waals surface area contributed by atoms with Crippen molar-refractivity contribution in [2.75, 3.05) is 23.9 Å². The summed E-state index contributed by atoms with van der Waals surface area (Å²) in [4.78, 5) is 38.3. The molecule has 1 aromatic carbocycles. The van der Waals surface area contributed by atoms with Gasteiger partial charge in [-0.15, -0.1) is 0 Å². The highest BCUT2D eigenvalue weighted by Crippen LogP contribution is 2.34. The monoisotopic (exact) mass is 345 g/mol. The largest absolute Gasteiger partial charge is 0.361 e. The van der Waals surface area contributed by atoms with E-state index in [0.29, 0.717) is 18.8 Å². The Morgan fingerprint density at radius 3 is 2.60 bits per heavy atom. The summed E-state index contributed by atoms with van der Waals surface area (Å²) in [5.74, 6) is -0.121. The topological polar surface area (TPSA) is 69.7 Å². The van der Waals surface area contributed by atoms with E-state index in [1.54, 1.807) is 7.05 Å². The number of carbonyl (C=O) groups is 3. The van der Waals surface area contributed by atoms with Crippen LogP contribution in [-0.4, -0.2) is 38.4 Å². The van der Waals surface area contributed by atoms with Crippen molar-refractivity contribution in [1.82, 2.24) is 5.32 Å². The molecule has 1 aromatic rings. The van der Waals surface area contributed by atoms with E-state index in [2.05, 4.69) is 25.2 Å². The highest BCUT2D eigenvalue weighted by Gasteiger charge is 2.31. The van der Waals surface area contributed by atoms with E-state index in [1.807, 2.05) is 24.1 Å². The third-order valence-electron chi connectivity index (χ3n) is 4.89. The Morgan fingerprint density at radius 1 is 1.28 bits per heavy atom. The minimum absolute atomic E-state index is 0.233. The summed E-state index contributed by atoms with van der Waals surface area (Å²) in [6, 6.07) is 5.61. The van der Waals surface area contributed by atoms with E-state index in [9.17, 15) is 14.4 Å². The smallest absolute Gasteiger partial charge is 0.249 e. The fourth-order valence-electron chi connectivity index (χ4n) is 3.30. The molecule has 6 heteroatoms. The third-order valence-corrected chi connectivity index (χ3v) is 4.89. The summed E-state index contributed by atoms with van der Waals surface area (Å²) in [6.07, 6.45) is 3.74. The average Bonchev–Trinajstić information content (AvgIpc) is 2.60. The fourth-order valence-corrected chi connectivity index (χ4v) is 3.30. The molecule has 1 N–H and O–H groups in total. The Kier molecular flexibility index (Phi) is 6.17. The van der Waals surface area contributed by atoms with Crippen LogP contribution in [0.15, 0.2) is 18.2 Å². The highest BCUT2D eigenvalue weighted by atomic mass is 16.2. The van der Waals surface area contributed by atoms with Gasteiger partial charge >= 0.3 is 0 Å². The van der Waals surface area contributed by atoms with Crippen LogP contribution in [0.5, 0.6) is 0 Å². The second-order valence-electron chi connectivity index (χ2n) is 6.73. The zero-order chi connectivity index (χ0) is 18.6. The van der Waals surface area contributed by atoms with Crippen LogP contribution in [-0.2, 0) is 14.4 Å². The zero-order valence-electron chi connectivity index (χ0n) is 15.4. The maximum atomic E-state index is 12.2. The van der Waals surface area contributed by atoms with Crippen molar-refractivity contribution in [3.05, 3.63) is 23.8 Å². The number of rotatable bonds is 7. The zero-order valence-corrected chi connectivity index (χ0v) is 15.4. The molecular formula is C19H27N3O3. The second-order valence-corrected chi connectivity index (χ2v) is 6.73. The first kappa shape index (κ1) is 19.0. The molecule has 2 rings (SSSR count). The quantitative estimate of drug-likeness (QED) is 0.609. The molecule has 3 amide bonds. The Morgan fingerprint density at radius 2 is 2.00 bits per heavy atom. The van der Waals surface area contributed by atoms with E-state index >= 15 is 0 Å². The van der Waals surface area contributed by atoms with Gasteiger partial charge in [-0.3, -0.25) is 19.7 Å². The standard InChI is InChI=1S/C19H27N3O3/c1-5-6-13(2)14-7-8-15(17(11-14)21(3)12-23)22(4)16-9-10-18(24)20-19(16)25/h7-8,11-13,16H,5-6,9-10H2,1-4H3,(H,20,24,25). The average molecular weight is 345 g/mol. The van der Waals surface area contributed by atoms with Gasteiger partial charge in [0.1, 0.15) is 6.04 Å². The van der Waals surface area contributed by atoms with Crippen LogP contribution in [0.25, 0.3) is 0 Å². The van der Waals surface area contributed by atoms with Gasteiger partial charge in [0, 0.05) is 20.5 Å². The van der Waals surface area contributed by atoms with Gasteiger partial charge in [-0.2, -0.15) is 0 Å². The summed E-state index contributed by atoms with van der Waals surface area (Å²) in [5, 5.41) is 2.39. The molecule has 25 heavy (non-hydrogen) atoms. The molecule has 6 nitrogen and oxygen atoms in total. The maximum Gasteiger partial charge on any atom is 0.249 e. The Labute approximate surface area is 149 Å². The number of benzene rings is 1. The molecular weight excluding hydrogens is 318 g/mol. The number of carbonyl (C=O) groups excluding carboxylic acids is 3. The molecule has 0 saturated carbocycles. The number of imide groups is 1. The Bertz CT molecular complexity index is 659. The minimum Gasteiger partial charge on any atom is -0.361 e. The second kappa shape index (κ2) is 8.14. The number of piperidine rings is 1. The summed E-state index contributed by atoms with van der Waals surface area (Å²) in [6.45, 7) is 4.33. The molecule has 0 aromatic heterocycles. The summed E-state index contributed by atoms with van der Waals surface area (Å²) >= 11 is 0. The van der Waals surface area contributed by atoms with Gasteiger partial charge in [0.25, 0.3) is 0 Å². The van der Waals surface area contributed by atoms with Gasteiger partial charge in [0.05, 0.1) is 11.4 Å². The van der Waals surface area contributed by atoms with E-state index in [4.69, 9.17) is 0 Å². The molecule has 136 valence electrons. The van der Waals surface area contributed by atoms with Crippen LogP contribution < -0.4 is 15.1 Å². The normalized spacial score (nSPS) is 18.5. The van der Waals surface area contributed by atoms with Gasteiger partial charge in [-0.1, -0.05) is 26.3 Å². The van der Waals surface area contributed by atoms with Crippen molar-refractivity contribution in [1.29, 1.82) is 0 Å². The van der Waals surface area contributed by atoms with E-state index in [1.165, 1.54) is 10.5 Å². The lowest BCUT2D eigenvalue weighted by Gasteiger charge is -2.34. The van der Waals surface area contributed by atoms with Crippen LogP contribution in [0.4, 0.5) is 11.4 Å². The summed E-state index contributed by atoms with van der Waals surface area (Å²) in [5.41, 5.74) is 2.74. The molecule has 2 unspecified atom stereocenters. The van der Waals surface area contributed by atoms with Gasteiger partial charge in [0.2, 0.25) is 18.2 Å². The highest BCUT2D eigenvalue weighted by molar-refractivity contribution is 6.02. The van der Waals surface area contributed by atoms with Crippen molar-refractivity contribution in [3.63, 3.8) is 0 Å². The third kappa shape index (κ3) is 4.18. The molecule has 1 aliphatic heterocycles. The van der Waals surface area contributed by atoms with Gasteiger partial charge in [-0.05, 0) is 36.5 Å². The van der Waals surface area contributed by atoms with Gasteiger partial charge in [0.15, 0.2) is 0 Å². The molecule has 0 radical (unpaired) electrons. The van der Waals surface area contributed by atoms with Crippen LogP contribution in [0.1, 0.15) is 51.0 Å². The van der Waals surface area contributed by atoms with Crippen molar-refractivity contribution in [2.45, 2.75) is 51.5 Å². The first-order valence-electron chi connectivity index (χ1n) is 8.77. The number of likely N-dealkylation sites (N-methyl/N-ethyl adjacent to an activating group) is 1. The van der Waals surface area contributed by atoms with Crippen molar-refractivity contribution >= 4 is 29.6 Å². The number of amides is 3. The lowest BCUT2D eigenvalue weighted by Crippen LogP contribution is -2.51. The van der Waals surface area contributed by atoms with E-state index < -0.39 is 6.04 Å². The van der Waals surface area contributed by atoms with Crippen molar-refractivity contribution < 1.29 is 14.4 Å². The number of anilines is 2. The molecule has 1 fully saturated rings. The summed E-state index contributed by atoms with van der Waals surface area (Å²) in [7, 11) is 3.53. The molecule has 1 heterocycles. The molecule has 2 atom stereocenters.